The van der Waals surface area contributed by atoms with E-state index in [4.69, 9.17) is 28.9 Å². The number of nitrogens with two attached hydrogens (primary N) is 1. The molecule has 0 saturated heterocycles. The van der Waals surface area contributed by atoms with E-state index in [9.17, 15) is 4.79 Å². The van der Waals surface area contributed by atoms with Crippen LogP contribution in [0.1, 0.15) is 41.2 Å². The van der Waals surface area contributed by atoms with Crippen molar-refractivity contribution >= 4 is 40.6 Å². The van der Waals surface area contributed by atoms with Gasteiger partial charge in [0.25, 0.3) is 5.91 Å². The van der Waals surface area contributed by atoms with Gasteiger partial charge in [0.2, 0.25) is 0 Å². The lowest BCUT2D eigenvalue weighted by atomic mass is 9.80. The maximum absolute atomic E-state index is 15.6. The molecule has 1 amide bonds. The Bertz CT molecular complexity index is 1280. The molecule has 3 heterocycles. The number of amides is 1. The lowest BCUT2D eigenvalue weighted by molar-refractivity contribution is 0.0824. The number of anilines is 2. The van der Waals surface area contributed by atoms with Crippen LogP contribution in [0.4, 0.5) is 15.9 Å². The zero-order valence-corrected chi connectivity index (χ0v) is 19.7. The van der Waals surface area contributed by atoms with Crippen LogP contribution in [0.15, 0.2) is 30.7 Å². The molecule has 1 aliphatic heterocycles. The van der Waals surface area contributed by atoms with Gasteiger partial charge < -0.3 is 16.0 Å². The van der Waals surface area contributed by atoms with Crippen molar-refractivity contribution in [1.29, 1.82) is 0 Å². The Labute approximate surface area is 200 Å². The van der Waals surface area contributed by atoms with E-state index in [0.29, 0.717) is 28.0 Å². The van der Waals surface area contributed by atoms with Crippen LogP contribution in [0.25, 0.3) is 11.1 Å². The van der Waals surface area contributed by atoms with E-state index in [1.807, 2.05) is 10.9 Å². The summed E-state index contributed by atoms with van der Waals surface area (Å²) in [6, 6.07) is 3.26. The van der Waals surface area contributed by atoms with Gasteiger partial charge in [-0.2, -0.15) is 5.10 Å². The number of nitrogens with one attached hydrogen (secondary N) is 1. The number of rotatable bonds is 3. The van der Waals surface area contributed by atoms with Crippen molar-refractivity contribution in [1.82, 2.24) is 19.7 Å². The van der Waals surface area contributed by atoms with Crippen LogP contribution in [0, 0.1) is 5.82 Å². The summed E-state index contributed by atoms with van der Waals surface area (Å²) >= 11 is 13.0. The second-order valence-corrected chi connectivity index (χ2v) is 9.78. The van der Waals surface area contributed by atoms with Crippen molar-refractivity contribution in [3.63, 3.8) is 0 Å². The van der Waals surface area contributed by atoms with Gasteiger partial charge in [-0.3, -0.25) is 9.48 Å². The number of benzene rings is 1. The van der Waals surface area contributed by atoms with E-state index in [2.05, 4.69) is 15.4 Å². The summed E-state index contributed by atoms with van der Waals surface area (Å²) in [6.07, 6.45) is 7.62. The summed E-state index contributed by atoms with van der Waals surface area (Å²) in [5.74, 6) is -0.497. The van der Waals surface area contributed by atoms with Gasteiger partial charge in [0.05, 0.1) is 27.8 Å². The Morgan fingerprint density at radius 3 is 2.79 bits per heavy atom. The highest BCUT2D eigenvalue weighted by molar-refractivity contribution is 6.34. The highest BCUT2D eigenvalue weighted by Gasteiger charge is 2.48. The number of carbonyl (C=O) groups is 1. The molecule has 0 unspecified atom stereocenters. The Hall–Kier alpha value is -2.84. The maximum Gasteiger partial charge on any atom is 0.258 e. The van der Waals surface area contributed by atoms with Crippen LogP contribution >= 0.6 is 23.2 Å². The van der Waals surface area contributed by atoms with Crippen molar-refractivity contribution in [3.05, 3.63) is 57.7 Å². The minimum Gasteiger partial charge on any atom is -0.398 e. The average Bonchev–Trinajstić information content (AvgIpc) is 3.49. The number of aromatic nitrogens is 3. The molecule has 1 aromatic carbocycles. The SMILES string of the molecule is CN(C)C(=O)c1c(N)ccc(-c2cnc3c(c2Cl)[C@@]2(CC[C@H](n4cc(Cl)cn4)C2)CN3)c1F. The van der Waals surface area contributed by atoms with Gasteiger partial charge in [-0.25, -0.2) is 9.37 Å². The van der Waals surface area contributed by atoms with E-state index in [0.717, 1.165) is 24.8 Å². The molecule has 1 aliphatic carbocycles. The third-order valence-electron chi connectivity index (χ3n) is 6.75. The van der Waals surface area contributed by atoms with Crippen LogP contribution in [-0.2, 0) is 5.41 Å². The van der Waals surface area contributed by atoms with Crippen LogP contribution in [0.5, 0.6) is 0 Å². The number of fused-ring (bicyclic) bond motifs is 2. The van der Waals surface area contributed by atoms with Crippen LogP contribution in [0.2, 0.25) is 10.0 Å². The number of hydrogen-bond donors (Lipinski definition) is 2. The Balaban J connectivity index is 1.58. The normalized spacial score (nSPS) is 21.3. The van der Waals surface area contributed by atoms with Crippen molar-refractivity contribution in [2.24, 2.45) is 0 Å². The molecule has 2 aliphatic rings. The molecular formula is C23H23Cl2FN6O. The highest BCUT2D eigenvalue weighted by atomic mass is 35.5. The lowest BCUT2D eigenvalue weighted by Gasteiger charge is -2.25. The number of halogens is 3. The third kappa shape index (κ3) is 3.43. The molecule has 172 valence electrons. The fraction of sp³-hybridized carbons (Fsp3) is 0.348. The number of nitrogens with zero attached hydrogens (tertiary/aromatic N) is 4. The van der Waals surface area contributed by atoms with E-state index < -0.39 is 11.7 Å². The predicted molar refractivity (Wildman–Crippen MR) is 127 cm³/mol. The number of pyridine rings is 1. The van der Waals surface area contributed by atoms with Crippen LogP contribution in [0.3, 0.4) is 0 Å². The van der Waals surface area contributed by atoms with Crippen molar-refractivity contribution in [2.75, 3.05) is 31.7 Å². The quantitative estimate of drug-likeness (QED) is 0.518. The molecule has 1 spiro atoms. The molecule has 0 bridgehead atoms. The maximum atomic E-state index is 15.6. The van der Waals surface area contributed by atoms with Gasteiger partial charge in [-0.15, -0.1) is 0 Å². The average molecular weight is 489 g/mol. The van der Waals surface area contributed by atoms with Gasteiger partial charge in [0, 0.05) is 60.8 Å². The minimum absolute atomic E-state index is 0.0786. The second-order valence-electron chi connectivity index (χ2n) is 8.97. The fourth-order valence-corrected chi connectivity index (χ4v) is 5.69. The predicted octanol–water partition coefficient (Wildman–Crippen LogP) is 4.76. The monoisotopic (exact) mass is 488 g/mol. The highest BCUT2D eigenvalue weighted by Crippen LogP contribution is 2.54. The molecule has 7 nitrogen and oxygen atoms in total. The molecular weight excluding hydrogens is 466 g/mol. The molecule has 0 radical (unpaired) electrons. The minimum atomic E-state index is -0.701. The zero-order valence-electron chi connectivity index (χ0n) is 18.2. The molecule has 3 N–H and O–H groups in total. The summed E-state index contributed by atoms with van der Waals surface area (Å²) < 4.78 is 17.5. The van der Waals surface area contributed by atoms with Gasteiger partial charge in [0.15, 0.2) is 0 Å². The summed E-state index contributed by atoms with van der Waals surface area (Å²) in [5, 5.41) is 8.79. The van der Waals surface area contributed by atoms with E-state index >= 15 is 4.39 Å². The molecule has 10 heteroatoms. The van der Waals surface area contributed by atoms with Crippen LogP contribution in [-0.4, -0.2) is 46.2 Å². The first-order chi connectivity index (χ1) is 15.7. The first-order valence-corrected chi connectivity index (χ1v) is 11.4. The van der Waals surface area contributed by atoms with Gasteiger partial charge >= 0.3 is 0 Å². The largest absolute Gasteiger partial charge is 0.398 e. The Morgan fingerprint density at radius 1 is 1.30 bits per heavy atom. The summed E-state index contributed by atoms with van der Waals surface area (Å²) in [7, 11) is 3.10. The van der Waals surface area contributed by atoms with Crippen LogP contribution < -0.4 is 11.1 Å². The third-order valence-corrected chi connectivity index (χ3v) is 7.34. The van der Waals surface area contributed by atoms with Gasteiger partial charge in [0.1, 0.15) is 11.6 Å². The number of nitrogen functional groups attached to an aromatic ring is 1. The Morgan fingerprint density at radius 2 is 2.09 bits per heavy atom. The van der Waals surface area contributed by atoms with E-state index in [1.165, 1.54) is 11.0 Å². The molecule has 2 atom stereocenters. The summed E-state index contributed by atoms with van der Waals surface area (Å²) in [4.78, 5) is 18.4. The van der Waals surface area contributed by atoms with Gasteiger partial charge in [-0.05, 0) is 31.4 Å². The molecule has 1 fully saturated rings. The molecule has 3 aromatic rings. The number of carbonyl (C=O) groups excluding carboxylic acids is 1. The van der Waals surface area contributed by atoms with Gasteiger partial charge in [-0.1, -0.05) is 23.2 Å². The molecule has 1 saturated carbocycles. The van der Waals surface area contributed by atoms with Crippen molar-refractivity contribution in [3.8, 4) is 11.1 Å². The summed E-state index contributed by atoms with van der Waals surface area (Å²) in [5.41, 5.74) is 7.13. The van der Waals surface area contributed by atoms with Crippen molar-refractivity contribution in [2.45, 2.75) is 30.7 Å². The van der Waals surface area contributed by atoms with E-state index in [1.54, 1.807) is 32.6 Å². The molecule has 5 rings (SSSR count). The molecule has 33 heavy (non-hydrogen) atoms. The zero-order chi connectivity index (χ0) is 23.5. The topological polar surface area (TPSA) is 89.1 Å². The fourth-order valence-electron chi connectivity index (χ4n) is 5.10. The van der Waals surface area contributed by atoms with E-state index in [-0.39, 0.29) is 28.3 Å². The standard InChI is InChI=1S/C23H23Cl2FN6O/c1-31(2)22(33)17-16(27)4-3-14(20(17)26)15-9-28-21-18(19(15)25)23(11-29-21)6-5-13(7-23)32-10-12(24)8-30-32/h3-4,8-10,13H,5-7,11,27H2,1-2H3,(H,28,29)/t13-,23+/m0/s1. The van der Waals surface area contributed by atoms with Crippen molar-refractivity contribution < 1.29 is 9.18 Å². The lowest BCUT2D eigenvalue weighted by Crippen LogP contribution is -2.26. The first-order valence-electron chi connectivity index (χ1n) is 10.6. The Kier molecular flexibility index (Phi) is 5.25. The second kappa shape index (κ2) is 7.88. The number of hydrogen-bond acceptors (Lipinski definition) is 5. The first kappa shape index (κ1) is 22.0. The summed E-state index contributed by atoms with van der Waals surface area (Å²) in [6.45, 7) is 0.693. The molecule has 2 aromatic heterocycles. The smallest absolute Gasteiger partial charge is 0.258 e.